The second-order valence-electron chi connectivity index (χ2n) is 6.11. The van der Waals surface area contributed by atoms with Gasteiger partial charge in [-0.25, -0.2) is 8.42 Å². The Morgan fingerprint density at radius 2 is 2.00 bits per heavy atom. The third-order valence-corrected chi connectivity index (χ3v) is 6.26. The van der Waals surface area contributed by atoms with Gasteiger partial charge in [0.2, 0.25) is 0 Å². The molecule has 108 valence electrons. The standard InChI is InChI=1S/C13H28N2O2S/c1-5-6-12-11-14-7-8-15(12)9-10-18(16,17)13(2,3)4/h12,14H,5-11H2,1-4H3. The van der Waals surface area contributed by atoms with Gasteiger partial charge in [-0.3, -0.25) is 4.90 Å². The summed E-state index contributed by atoms with van der Waals surface area (Å²) in [5.74, 6) is 0.275. The molecule has 0 spiro atoms. The molecule has 1 unspecified atom stereocenters. The summed E-state index contributed by atoms with van der Waals surface area (Å²) in [5, 5.41) is 3.39. The Kier molecular flexibility index (Phi) is 5.62. The molecule has 18 heavy (non-hydrogen) atoms. The van der Waals surface area contributed by atoms with Crippen molar-refractivity contribution in [3.8, 4) is 0 Å². The molecule has 0 aromatic rings. The Labute approximate surface area is 112 Å². The van der Waals surface area contributed by atoms with Gasteiger partial charge < -0.3 is 5.32 Å². The molecule has 0 saturated carbocycles. The van der Waals surface area contributed by atoms with E-state index in [9.17, 15) is 8.42 Å². The summed E-state index contributed by atoms with van der Waals surface area (Å²) in [7, 11) is -3.00. The molecular formula is C13H28N2O2S. The van der Waals surface area contributed by atoms with Crippen molar-refractivity contribution < 1.29 is 8.42 Å². The zero-order chi connectivity index (χ0) is 13.8. The van der Waals surface area contributed by atoms with Crippen molar-refractivity contribution in [3.05, 3.63) is 0 Å². The van der Waals surface area contributed by atoms with E-state index in [-0.39, 0.29) is 5.75 Å². The van der Waals surface area contributed by atoms with Crippen molar-refractivity contribution in [3.63, 3.8) is 0 Å². The van der Waals surface area contributed by atoms with Crippen LogP contribution < -0.4 is 5.32 Å². The first kappa shape index (κ1) is 15.9. The van der Waals surface area contributed by atoms with E-state index in [0.29, 0.717) is 12.6 Å². The fourth-order valence-electron chi connectivity index (χ4n) is 2.26. The maximum atomic E-state index is 12.1. The second kappa shape index (κ2) is 6.35. The van der Waals surface area contributed by atoms with Crippen LogP contribution in [-0.4, -0.2) is 56.0 Å². The van der Waals surface area contributed by atoms with Crippen LogP contribution in [-0.2, 0) is 9.84 Å². The molecule has 1 heterocycles. The van der Waals surface area contributed by atoms with Gasteiger partial charge >= 0.3 is 0 Å². The molecular weight excluding hydrogens is 248 g/mol. The topological polar surface area (TPSA) is 49.4 Å². The highest BCUT2D eigenvalue weighted by Gasteiger charge is 2.30. The van der Waals surface area contributed by atoms with Gasteiger partial charge in [-0.2, -0.15) is 0 Å². The van der Waals surface area contributed by atoms with Crippen molar-refractivity contribution in [2.45, 2.75) is 51.3 Å². The molecule has 0 radical (unpaired) electrons. The number of piperazine rings is 1. The minimum atomic E-state index is -3.00. The zero-order valence-electron chi connectivity index (χ0n) is 12.2. The van der Waals surface area contributed by atoms with Crippen LogP contribution in [0.15, 0.2) is 0 Å². The third-order valence-electron chi connectivity index (χ3n) is 3.67. The molecule has 0 amide bonds. The Morgan fingerprint density at radius 1 is 1.33 bits per heavy atom. The van der Waals surface area contributed by atoms with E-state index in [1.54, 1.807) is 20.8 Å². The SMILES string of the molecule is CCCC1CNCCN1CCS(=O)(=O)C(C)(C)C. The highest BCUT2D eigenvalue weighted by atomic mass is 32.2. The van der Waals surface area contributed by atoms with Gasteiger partial charge in [-0.1, -0.05) is 13.3 Å². The van der Waals surface area contributed by atoms with Crippen molar-refractivity contribution in [2.24, 2.45) is 0 Å². The van der Waals surface area contributed by atoms with Crippen LogP contribution >= 0.6 is 0 Å². The van der Waals surface area contributed by atoms with Crippen molar-refractivity contribution >= 4 is 9.84 Å². The molecule has 1 atom stereocenters. The minimum Gasteiger partial charge on any atom is -0.314 e. The lowest BCUT2D eigenvalue weighted by Gasteiger charge is -2.36. The molecule has 1 saturated heterocycles. The maximum Gasteiger partial charge on any atom is 0.156 e. The molecule has 1 fully saturated rings. The van der Waals surface area contributed by atoms with Gasteiger partial charge in [0.25, 0.3) is 0 Å². The molecule has 0 aromatic heterocycles. The highest BCUT2D eigenvalue weighted by molar-refractivity contribution is 7.92. The van der Waals surface area contributed by atoms with Crippen LogP contribution in [0.3, 0.4) is 0 Å². The van der Waals surface area contributed by atoms with Gasteiger partial charge in [0.1, 0.15) is 0 Å². The number of hydrogen-bond donors (Lipinski definition) is 1. The fourth-order valence-corrected chi connectivity index (χ4v) is 3.35. The Balaban J connectivity index is 2.56. The summed E-state index contributed by atoms with van der Waals surface area (Å²) < 4.78 is 23.6. The summed E-state index contributed by atoms with van der Waals surface area (Å²) in [5.41, 5.74) is 0. The van der Waals surface area contributed by atoms with E-state index < -0.39 is 14.6 Å². The van der Waals surface area contributed by atoms with Crippen LogP contribution in [0.1, 0.15) is 40.5 Å². The van der Waals surface area contributed by atoms with E-state index in [2.05, 4.69) is 17.1 Å². The van der Waals surface area contributed by atoms with Crippen LogP contribution in [0.2, 0.25) is 0 Å². The van der Waals surface area contributed by atoms with Crippen molar-refractivity contribution in [1.29, 1.82) is 0 Å². The molecule has 0 aliphatic carbocycles. The van der Waals surface area contributed by atoms with E-state index in [4.69, 9.17) is 0 Å². The normalized spacial score (nSPS) is 23.2. The highest BCUT2D eigenvalue weighted by Crippen LogP contribution is 2.17. The van der Waals surface area contributed by atoms with E-state index in [0.717, 1.165) is 32.5 Å². The predicted octanol–water partition coefficient (Wildman–Crippen LogP) is 1.27. The summed E-state index contributed by atoms with van der Waals surface area (Å²) in [6.45, 7) is 11.1. The van der Waals surface area contributed by atoms with E-state index in [1.165, 1.54) is 0 Å². The molecule has 1 rings (SSSR count). The predicted molar refractivity (Wildman–Crippen MR) is 76.7 cm³/mol. The van der Waals surface area contributed by atoms with Gasteiger partial charge in [-0.05, 0) is 27.2 Å². The lowest BCUT2D eigenvalue weighted by molar-refractivity contribution is 0.161. The second-order valence-corrected chi connectivity index (χ2v) is 8.98. The Bertz CT molecular complexity index is 344. The monoisotopic (exact) mass is 276 g/mol. The first-order chi connectivity index (χ1) is 8.28. The van der Waals surface area contributed by atoms with Crippen LogP contribution in [0.4, 0.5) is 0 Å². The first-order valence-electron chi connectivity index (χ1n) is 6.95. The molecule has 1 N–H and O–H groups in total. The third kappa shape index (κ3) is 4.21. The van der Waals surface area contributed by atoms with E-state index in [1.807, 2.05) is 0 Å². The van der Waals surface area contributed by atoms with Gasteiger partial charge in [0, 0.05) is 32.2 Å². The summed E-state index contributed by atoms with van der Waals surface area (Å²) >= 11 is 0. The van der Waals surface area contributed by atoms with Gasteiger partial charge in [0.15, 0.2) is 9.84 Å². The molecule has 1 aliphatic heterocycles. The average Bonchev–Trinajstić information content (AvgIpc) is 2.27. The Morgan fingerprint density at radius 3 is 2.56 bits per heavy atom. The smallest absolute Gasteiger partial charge is 0.156 e. The molecule has 0 aromatic carbocycles. The number of nitrogens with one attached hydrogen (secondary N) is 1. The number of sulfone groups is 1. The number of rotatable bonds is 5. The average molecular weight is 276 g/mol. The number of hydrogen-bond acceptors (Lipinski definition) is 4. The molecule has 1 aliphatic rings. The first-order valence-corrected chi connectivity index (χ1v) is 8.60. The van der Waals surface area contributed by atoms with Crippen LogP contribution in [0.25, 0.3) is 0 Å². The maximum absolute atomic E-state index is 12.1. The summed E-state index contributed by atoms with van der Waals surface area (Å²) in [6, 6.07) is 0.499. The van der Waals surface area contributed by atoms with E-state index >= 15 is 0 Å². The molecule has 4 nitrogen and oxygen atoms in total. The van der Waals surface area contributed by atoms with Crippen LogP contribution in [0, 0.1) is 0 Å². The summed E-state index contributed by atoms with van der Waals surface area (Å²) in [6.07, 6.45) is 2.29. The van der Waals surface area contributed by atoms with Crippen molar-refractivity contribution in [1.82, 2.24) is 10.2 Å². The zero-order valence-corrected chi connectivity index (χ0v) is 13.0. The number of nitrogens with zero attached hydrogens (tertiary/aromatic N) is 1. The lowest BCUT2D eigenvalue weighted by Crippen LogP contribution is -2.52. The largest absolute Gasteiger partial charge is 0.314 e. The lowest BCUT2D eigenvalue weighted by atomic mass is 10.1. The Hall–Kier alpha value is -0.130. The quantitative estimate of drug-likeness (QED) is 0.822. The molecule has 0 bridgehead atoms. The summed E-state index contributed by atoms with van der Waals surface area (Å²) in [4.78, 5) is 2.34. The fraction of sp³-hybridized carbons (Fsp3) is 1.00. The van der Waals surface area contributed by atoms with Gasteiger partial charge in [-0.15, -0.1) is 0 Å². The van der Waals surface area contributed by atoms with Crippen LogP contribution in [0.5, 0.6) is 0 Å². The van der Waals surface area contributed by atoms with Crippen molar-refractivity contribution in [2.75, 3.05) is 31.9 Å². The molecule has 5 heteroatoms. The minimum absolute atomic E-state index is 0.275. The van der Waals surface area contributed by atoms with Gasteiger partial charge in [0.05, 0.1) is 10.5 Å².